The Kier molecular flexibility index (Phi) is 5.39. The summed E-state index contributed by atoms with van der Waals surface area (Å²) in [5, 5.41) is 3.27. The van der Waals surface area contributed by atoms with Gasteiger partial charge in [-0.1, -0.05) is 6.92 Å². The van der Waals surface area contributed by atoms with Gasteiger partial charge in [-0.25, -0.2) is 13.1 Å². The first-order valence-electron chi connectivity index (χ1n) is 7.08. The molecule has 0 radical (unpaired) electrons. The molecule has 1 atom stereocenters. The first-order valence-corrected chi connectivity index (χ1v) is 8.56. The van der Waals surface area contributed by atoms with Crippen LogP contribution in [-0.4, -0.2) is 34.2 Å². The van der Waals surface area contributed by atoms with E-state index in [1.54, 1.807) is 24.3 Å². The lowest BCUT2D eigenvalue weighted by atomic mass is 10.2. The minimum absolute atomic E-state index is 0.247. The molecule has 0 aromatic heterocycles. The third-order valence-corrected chi connectivity index (χ3v) is 4.73. The fourth-order valence-electron chi connectivity index (χ4n) is 2.16. The third-order valence-electron chi connectivity index (χ3n) is 3.29. The van der Waals surface area contributed by atoms with E-state index in [2.05, 4.69) is 10.0 Å². The number of ether oxygens (including phenoxy) is 1. The quantitative estimate of drug-likeness (QED) is 0.800. The molecule has 0 spiro atoms. The maximum atomic E-state index is 12.1. The second-order valence-electron chi connectivity index (χ2n) is 4.97. The molecule has 0 bridgehead atoms. The van der Waals surface area contributed by atoms with E-state index in [0.29, 0.717) is 18.9 Å². The van der Waals surface area contributed by atoms with Gasteiger partial charge >= 0.3 is 0 Å². The van der Waals surface area contributed by atoms with E-state index in [4.69, 9.17) is 4.74 Å². The van der Waals surface area contributed by atoms with Gasteiger partial charge in [-0.05, 0) is 50.1 Å². The summed E-state index contributed by atoms with van der Waals surface area (Å²) in [7, 11) is -3.43. The first-order chi connectivity index (χ1) is 9.62. The molecule has 1 fully saturated rings. The number of nitrogens with one attached hydrogen (secondary N) is 2. The van der Waals surface area contributed by atoms with Gasteiger partial charge in [0.1, 0.15) is 5.75 Å². The minimum Gasteiger partial charge on any atom is -0.494 e. The van der Waals surface area contributed by atoms with Gasteiger partial charge in [0.2, 0.25) is 10.0 Å². The van der Waals surface area contributed by atoms with Crippen LogP contribution in [0, 0.1) is 0 Å². The van der Waals surface area contributed by atoms with E-state index >= 15 is 0 Å². The average molecular weight is 298 g/mol. The monoisotopic (exact) mass is 298 g/mol. The van der Waals surface area contributed by atoms with E-state index in [1.807, 2.05) is 6.92 Å². The van der Waals surface area contributed by atoms with Crippen molar-refractivity contribution in [2.24, 2.45) is 0 Å². The molecule has 5 nitrogen and oxygen atoms in total. The van der Waals surface area contributed by atoms with Crippen molar-refractivity contribution < 1.29 is 13.2 Å². The van der Waals surface area contributed by atoms with Crippen LogP contribution >= 0.6 is 0 Å². The largest absolute Gasteiger partial charge is 0.494 e. The van der Waals surface area contributed by atoms with Crippen molar-refractivity contribution in [3.05, 3.63) is 24.3 Å². The highest BCUT2D eigenvalue weighted by Gasteiger charge is 2.19. The molecule has 1 heterocycles. The lowest BCUT2D eigenvalue weighted by Crippen LogP contribution is -2.37. The van der Waals surface area contributed by atoms with Crippen molar-refractivity contribution in [3.8, 4) is 5.75 Å². The SMILES string of the molecule is CCCOc1ccc(S(=O)(=O)NCC2CCCN2)cc1. The molecular formula is C14H22N2O3S. The van der Waals surface area contributed by atoms with E-state index in [9.17, 15) is 8.42 Å². The lowest BCUT2D eigenvalue weighted by Gasteiger charge is -2.12. The first kappa shape index (κ1) is 15.3. The normalized spacial score (nSPS) is 19.1. The van der Waals surface area contributed by atoms with Crippen LogP contribution in [0.25, 0.3) is 0 Å². The molecule has 6 heteroatoms. The molecule has 1 aromatic carbocycles. The average Bonchev–Trinajstić information content (AvgIpc) is 2.97. The van der Waals surface area contributed by atoms with Gasteiger partial charge in [0.15, 0.2) is 0 Å². The number of rotatable bonds is 7. The molecule has 2 rings (SSSR count). The molecule has 2 N–H and O–H groups in total. The zero-order chi connectivity index (χ0) is 14.4. The Balaban J connectivity index is 1.94. The third kappa shape index (κ3) is 4.19. The maximum Gasteiger partial charge on any atom is 0.240 e. The van der Waals surface area contributed by atoms with Crippen LogP contribution in [0.3, 0.4) is 0 Å². The van der Waals surface area contributed by atoms with Gasteiger partial charge in [0.25, 0.3) is 0 Å². The molecule has 1 aliphatic rings. The van der Waals surface area contributed by atoms with Gasteiger partial charge in [-0.3, -0.25) is 0 Å². The highest BCUT2D eigenvalue weighted by Crippen LogP contribution is 2.16. The zero-order valence-electron chi connectivity index (χ0n) is 11.8. The molecular weight excluding hydrogens is 276 g/mol. The smallest absolute Gasteiger partial charge is 0.240 e. The lowest BCUT2D eigenvalue weighted by molar-refractivity contribution is 0.317. The van der Waals surface area contributed by atoms with Crippen molar-refractivity contribution in [2.45, 2.75) is 37.1 Å². The topological polar surface area (TPSA) is 67.4 Å². The molecule has 0 aliphatic carbocycles. The van der Waals surface area contributed by atoms with E-state index in [-0.39, 0.29) is 10.9 Å². The summed E-state index contributed by atoms with van der Waals surface area (Å²) in [6.07, 6.45) is 3.05. The number of hydrogen-bond donors (Lipinski definition) is 2. The molecule has 20 heavy (non-hydrogen) atoms. The van der Waals surface area contributed by atoms with Crippen molar-refractivity contribution >= 4 is 10.0 Å². The Hall–Kier alpha value is -1.11. The van der Waals surface area contributed by atoms with Gasteiger partial charge in [-0.15, -0.1) is 0 Å². The van der Waals surface area contributed by atoms with Gasteiger partial charge < -0.3 is 10.1 Å². The minimum atomic E-state index is -3.43. The molecule has 1 unspecified atom stereocenters. The summed E-state index contributed by atoms with van der Waals surface area (Å²) in [6.45, 7) is 4.07. The Morgan fingerprint density at radius 1 is 1.35 bits per heavy atom. The van der Waals surface area contributed by atoms with Crippen molar-refractivity contribution in [3.63, 3.8) is 0 Å². The summed E-state index contributed by atoms with van der Waals surface area (Å²) in [5.41, 5.74) is 0. The van der Waals surface area contributed by atoms with Crippen molar-refractivity contribution in [1.82, 2.24) is 10.0 Å². The van der Waals surface area contributed by atoms with Gasteiger partial charge in [0, 0.05) is 12.6 Å². The molecule has 1 saturated heterocycles. The van der Waals surface area contributed by atoms with E-state index in [1.165, 1.54) is 0 Å². The predicted octanol–water partition coefficient (Wildman–Crippen LogP) is 1.51. The second-order valence-corrected chi connectivity index (χ2v) is 6.73. The molecule has 1 aliphatic heterocycles. The van der Waals surface area contributed by atoms with Crippen LogP contribution in [0.2, 0.25) is 0 Å². The fraction of sp³-hybridized carbons (Fsp3) is 0.571. The van der Waals surface area contributed by atoms with Crippen LogP contribution in [0.5, 0.6) is 5.75 Å². The van der Waals surface area contributed by atoms with E-state index in [0.717, 1.165) is 25.8 Å². The van der Waals surface area contributed by atoms with Crippen molar-refractivity contribution in [1.29, 1.82) is 0 Å². The zero-order valence-corrected chi connectivity index (χ0v) is 12.6. The van der Waals surface area contributed by atoms with Crippen molar-refractivity contribution in [2.75, 3.05) is 19.7 Å². The highest BCUT2D eigenvalue weighted by molar-refractivity contribution is 7.89. The maximum absolute atomic E-state index is 12.1. The Morgan fingerprint density at radius 3 is 2.70 bits per heavy atom. The number of benzene rings is 1. The molecule has 0 amide bonds. The Labute approximate surface area is 120 Å². The van der Waals surface area contributed by atoms with Crippen LogP contribution in [0.1, 0.15) is 26.2 Å². The van der Waals surface area contributed by atoms with Crippen LogP contribution < -0.4 is 14.8 Å². The van der Waals surface area contributed by atoms with Crippen LogP contribution in [0.15, 0.2) is 29.2 Å². The summed E-state index contributed by atoms with van der Waals surface area (Å²) < 4.78 is 32.4. The summed E-state index contributed by atoms with van der Waals surface area (Å²) in [6, 6.07) is 6.79. The Bertz CT molecular complexity index is 508. The van der Waals surface area contributed by atoms with Crippen LogP contribution in [-0.2, 0) is 10.0 Å². The van der Waals surface area contributed by atoms with Gasteiger partial charge in [0.05, 0.1) is 11.5 Å². The summed E-state index contributed by atoms with van der Waals surface area (Å²) in [5.74, 6) is 0.697. The fourth-order valence-corrected chi connectivity index (χ4v) is 3.24. The Morgan fingerprint density at radius 2 is 2.10 bits per heavy atom. The predicted molar refractivity (Wildman–Crippen MR) is 78.4 cm³/mol. The molecule has 112 valence electrons. The standard InChI is InChI=1S/C14H22N2O3S/c1-2-10-19-13-5-7-14(8-6-13)20(17,18)16-11-12-4-3-9-15-12/h5-8,12,15-16H,2-4,9-11H2,1H3. The highest BCUT2D eigenvalue weighted by atomic mass is 32.2. The molecule has 1 aromatic rings. The summed E-state index contributed by atoms with van der Waals surface area (Å²) in [4.78, 5) is 0.277. The summed E-state index contributed by atoms with van der Waals surface area (Å²) >= 11 is 0. The number of hydrogen-bond acceptors (Lipinski definition) is 4. The van der Waals surface area contributed by atoms with E-state index < -0.39 is 10.0 Å². The molecule has 0 saturated carbocycles. The second kappa shape index (κ2) is 7.06. The van der Waals surface area contributed by atoms with Gasteiger partial charge in [-0.2, -0.15) is 0 Å². The van der Waals surface area contributed by atoms with Crippen LogP contribution in [0.4, 0.5) is 0 Å². The number of sulfonamides is 1.